The number of aryl methyl sites for hydroxylation is 1. The van der Waals surface area contributed by atoms with E-state index < -0.39 is 15.8 Å². The van der Waals surface area contributed by atoms with Crippen molar-refractivity contribution in [2.75, 3.05) is 13.1 Å². The van der Waals surface area contributed by atoms with Crippen molar-refractivity contribution in [2.45, 2.75) is 30.6 Å². The summed E-state index contributed by atoms with van der Waals surface area (Å²) in [6.45, 7) is 2.54. The monoisotopic (exact) mass is 401 g/mol. The lowest BCUT2D eigenvalue weighted by atomic mass is 9.98. The second-order valence-corrected chi connectivity index (χ2v) is 8.79. The molecule has 4 rings (SSSR count). The Morgan fingerprint density at radius 2 is 1.75 bits per heavy atom. The Morgan fingerprint density at radius 1 is 1.07 bits per heavy atom. The van der Waals surface area contributed by atoms with Crippen LogP contribution in [0.15, 0.2) is 57.9 Å². The highest BCUT2D eigenvalue weighted by Gasteiger charge is 2.32. The molecule has 0 bridgehead atoms. The second-order valence-electron chi connectivity index (χ2n) is 6.88. The number of hydrogen-bond donors (Lipinski definition) is 0. The molecule has 0 radical (unpaired) electrons. The normalized spacial score (nSPS) is 16.4. The Labute approximate surface area is 163 Å². The lowest BCUT2D eigenvalue weighted by Crippen LogP contribution is -2.38. The van der Waals surface area contributed by atoms with E-state index in [0.717, 1.165) is 5.56 Å². The van der Waals surface area contributed by atoms with Gasteiger partial charge in [-0.3, -0.25) is 0 Å². The predicted octanol–water partition coefficient (Wildman–Crippen LogP) is 3.75. The van der Waals surface area contributed by atoms with Crippen molar-refractivity contribution < 1.29 is 17.3 Å². The van der Waals surface area contributed by atoms with Crippen LogP contribution in [0.4, 0.5) is 4.39 Å². The van der Waals surface area contributed by atoms with Gasteiger partial charge in [-0.2, -0.15) is 9.29 Å². The molecule has 1 fully saturated rings. The largest absolute Gasteiger partial charge is 0.339 e. The van der Waals surface area contributed by atoms with Gasteiger partial charge in [0, 0.05) is 19.0 Å². The fourth-order valence-corrected chi connectivity index (χ4v) is 5.18. The molecule has 0 unspecified atom stereocenters. The first-order chi connectivity index (χ1) is 13.5. The van der Waals surface area contributed by atoms with Gasteiger partial charge in [0.2, 0.25) is 21.7 Å². The quantitative estimate of drug-likeness (QED) is 0.665. The third kappa shape index (κ3) is 3.45. The van der Waals surface area contributed by atoms with Crippen LogP contribution < -0.4 is 0 Å². The zero-order valence-corrected chi connectivity index (χ0v) is 16.2. The lowest BCUT2D eigenvalue weighted by molar-refractivity contribution is 0.270. The van der Waals surface area contributed by atoms with Gasteiger partial charge in [0.15, 0.2) is 0 Å². The first-order valence-electron chi connectivity index (χ1n) is 9.11. The SMILES string of the molecule is Cc1ccccc1S(=O)(=O)N1CCC(c2nc(-c3ccccc3F)no2)CC1. The highest BCUT2D eigenvalue weighted by atomic mass is 32.2. The van der Waals surface area contributed by atoms with Crippen molar-refractivity contribution in [2.24, 2.45) is 0 Å². The van der Waals surface area contributed by atoms with Crippen molar-refractivity contribution in [3.8, 4) is 11.4 Å². The number of piperidine rings is 1. The number of sulfonamides is 1. The van der Waals surface area contributed by atoms with Crippen LogP contribution in [0.1, 0.15) is 30.2 Å². The van der Waals surface area contributed by atoms with Crippen LogP contribution in [0.2, 0.25) is 0 Å². The number of benzene rings is 2. The molecule has 0 amide bonds. The molecule has 0 saturated carbocycles. The minimum Gasteiger partial charge on any atom is -0.339 e. The minimum absolute atomic E-state index is 0.0451. The van der Waals surface area contributed by atoms with Gasteiger partial charge in [0.05, 0.1) is 10.5 Å². The molecule has 2 aromatic carbocycles. The van der Waals surface area contributed by atoms with E-state index in [2.05, 4.69) is 10.1 Å². The third-order valence-corrected chi connectivity index (χ3v) is 7.13. The molecular weight excluding hydrogens is 381 g/mol. The van der Waals surface area contributed by atoms with Crippen molar-refractivity contribution >= 4 is 10.0 Å². The van der Waals surface area contributed by atoms with Gasteiger partial charge in [-0.25, -0.2) is 12.8 Å². The molecule has 8 heteroatoms. The van der Waals surface area contributed by atoms with Crippen LogP contribution in [0.25, 0.3) is 11.4 Å². The highest BCUT2D eigenvalue weighted by molar-refractivity contribution is 7.89. The number of halogens is 1. The van der Waals surface area contributed by atoms with E-state index in [1.807, 2.05) is 6.07 Å². The molecule has 0 N–H and O–H groups in total. The van der Waals surface area contributed by atoms with Gasteiger partial charge in [0.1, 0.15) is 5.82 Å². The summed E-state index contributed by atoms with van der Waals surface area (Å²) in [6, 6.07) is 13.2. The third-order valence-electron chi connectivity index (χ3n) is 5.07. The van der Waals surface area contributed by atoms with Crippen LogP contribution in [-0.4, -0.2) is 36.0 Å². The minimum atomic E-state index is -3.52. The van der Waals surface area contributed by atoms with E-state index in [4.69, 9.17) is 4.52 Å². The zero-order chi connectivity index (χ0) is 19.7. The summed E-state index contributed by atoms with van der Waals surface area (Å²) in [4.78, 5) is 4.68. The molecule has 6 nitrogen and oxygen atoms in total. The van der Waals surface area contributed by atoms with E-state index in [1.54, 1.807) is 43.3 Å². The second kappa shape index (κ2) is 7.44. The summed E-state index contributed by atoms with van der Waals surface area (Å²) in [5, 5.41) is 3.89. The zero-order valence-electron chi connectivity index (χ0n) is 15.4. The van der Waals surface area contributed by atoms with Crippen LogP contribution >= 0.6 is 0 Å². The fourth-order valence-electron chi connectivity index (χ4n) is 3.48. The summed E-state index contributed by atoms with van der Waals surface area (Å²) in [6.07, 6.45) is 1.15. The maximum atomic E-state index is 13.9. The molecule has 28 heavy (non-hydrogen) atoms. The molecule has 1 aromatic heterocycles. The van der Waals surface area contributed by atoms with Crippen LogP contribution in [-0.2, 0) is 10.0 Å². The molecule has 2 heterocycles. The fraction of sp³-hybridized carbons (Fsp3) is 0.300. The van der Waals surface area contributed by atoms with E-state index in [-0.39, 0.29) is 17.3 Å². The summed E-state index contributed by atoms with van der Waals surface area (Å²) < 4.78 is 46.6. The Balaban J connectivity index is 1.48. The van der Waals surface area contributed by atoms with E-state index in [9.17, 15) is 12.8 Å². The Morgan fingerprint density at radius 3 is 2.46 bits per heavy atom. The summed E-state index contributed by atoms with van der Waals surface area (Å²) >= 11 is 0. The number of aromatic nitrogens is 2. The first kappa shape index (κ1) is 18.8. The number of nitrogens with zero attached hydrogens (tertiary/aromatic N) is 3. The molecule has 3 aromatic rings. The standard InChI is InChI=1S/C20H20FN3O3S/c1-14-6-2-5-9-18(14)28(25,26)24-12-10-15(11-13-24)20-22-19(23-27-20)16-7-3-4-8-17(16)21/h2-9,15H,10-13H2,1H3. The average Bonchev–Trinajstić information content (AvgIpc) is 3.18. The van der Waals surface area contributed by atoms with E-state index in [0.29, 0.717) is 36.7 Å². The maximum absolute atomic E-state index is 13.9. The molecule has 0 aliphatic carbocycles. The Kier molecular flexibility index (Phi) is 4.99. The predicted molar refractivity (Wildman–Crippen MR) is 102 cm³/mol. The molecule has 1 aliphatic heterocycles. The van der Waals surface area contributed by atoms with Crippen molar-refractivity contribution in [3.05, 3.63) is 65.8 Å². The van der Waals surface area contributed by atoms with Crippen molar-refractivity contribution in [1.82, 2.24) is 14.4 Å². The smallest absolute Gasteiger partial charge is 0.243 e. The molecule has 146 valence electrons. The van der Waals surface area contributed by atoms with Gasteiger partial charge in [-0.15, -0.1) is 0 Å². The Hall–Kier alpha value is -2.58. The van der Waals surface area contributed by atoms with Gasteiger partial charge in [-0.05, 0) is 43.5 Å². The molecule has 1 saturated heterocycles. The van der Waals surface area contributed by atoms with Gasteiger partial charge >= 0.3 is 0 Å². The molecule has 0 spiro atoms. The highest BCUT2D eigenvalue weighted by Crippen LogP contribution is 2.32. The average molecular weight is 401 g/mol. The lowest BCUT2D eigenvalue weighted by Gasteiger charge is -2.30. The molecular formula is C20H20FN3O3S. The Bertz CT molecular complexity index is 1090. The van der Waals surface area contributed by atoms with Crippen LogP contribution in [0.3, 0.4) is 0 Å². The first-order valence-corrected chi connectivity index (χ1v) is 10.5. The number of rotatable bonds is 4. The summed E-state index contributed by atoms with van der Waals surface area (Å²) in [5.41, 5.74) is 1.02. The van der Waals surface area contributed by atoms with Gasteiger partial charge < -0.3 is 4.52 Å². The van der Waals surface area contributed by atoms with E-state index in [1.165, 1.54) is 10.4 Å². The van der Waals surface area contributed by atoms with Crippen LogP contribution in [0.5, 0.6) is 0 Å². The van der Waals surface area contributed by atoms with Gasteiger partial charge in [-0.1, -0.05) is 35.5 Å². The van der Waals surface area contributed by atoms with Crippen molar-refractivity contribution in [3.63, 3.8) is 0 Å². The molecule has 1 aliphatic rings. The number of hydrogen-bond acceptors (Lipinski definition) is 5. The van der Waals surface area contributed by atoms with Crippen molar-refractivity contribution in [1.29, 1.82) is 0 Å². The summed E-state index contributed by atoms with van der Waals surface area (Å²) in [5.74, 6) is 0.180. The molecule has 0 atom stereocenters. The van der Waals surface area contributed by atoms with E-state index >= 15 is 0 Å². The van der Waals surface area contributed by atoms with Crippen LogP contribution in [0, 0.1) is 12.7 Å². The maximum Gasteiger partial charge on any atom is 0.243 e. The van der Waals surface area contributed by atoms with Gasteiger partial charge in [0.25, 0.3) is 0 Å². The topological polar surface area (TPSA) is 76.3 Å². The summed E-state index contributed by atoms with van der Waals surface area (Å²) in [7, 11) is -3.52.